The maximum atomic E-state index is 10.3. The molecular weight excluding hydrogens is 228 g/mol. The fourth-order valence-electron chi connectivity index (χ4n) is 1.86. The van der Waals surface area contributed by atoms with Crippen molar-refractivity contribution in [2.45, 2.75) is 70.6 Å². The van der Waals surface area contributed by atoms with E-state index in [1.807, 2.05) is 0 Å². The molecule has 0 aromatic rings. The first-order valence-corrected chi connectivity index (χ1v) is 7.25. The smallest absolute Gasteiger partial charge is 0.303 e. The zero-order valence-corrected chi connectivity index (χ0v) is 11.4. The Bertz CT molecular complexity index is 212. The van der Waals surface area contributed by atoms with Crippen LogP contribution in [0, 0.1) is 0 Å². The average Bonchev–Trinajstić information content (AvgIpc) is 2.34. The van der Waals surface area contributed by atoms with E-state index in [2.05, 4.69) is 12.2 Å². The van der Waals surface area contributed by atoms with Crippen LogP contribution in [-0.2, 0) is 4.79 Å². The third-order valence-electron chi connectivity index (χ3n) is 2.96. The Balaban J connectivity index is 3.07. The lowest BCUT2D eigenvalue weighted by Crippen LogP contribution is -1.93. The molecule has 0 aliphatic heterocycles. The number of carboxylic acid groups (broad SMARTS) is 1. The summed E-state index contributed by atoms with van der Waals surface area (Å²) in [7, 11) is 0. The molecule has 0 heterocycles. The Morgan fingerprint density at radius 1 is 0.778 bits per heavy atom. The number of allylic oxidation sites excluding steroid dienone is 2. The molecule has 0 aromatic heterocycles. The van der Waals surface area contributed by atoms with Crippen LogP contribution in [0.4, 0.5) is 0 Å². The summed E-state index contributed by atoms with van der Waals surface area (Å²) in [6.45, 7) is 0.321. The largest absolute Gasteiger partial charge is 0.481 e. The molecule has 0 amide bonds. The van der Waals surface area contributed by atoms with Crippen LogP contribution in [0.3, 0.4) is 0 Å². The molecule has 2 N–H and O–H groups in total. The number of aliphatic hydroxyl groups excluding tert-OH is 1. The van der Waals surface area contributed by atoms with Crippen molar-refractivity contribution < 1.29 is 15.0 Å². The zero-order valence-electron chi connectivity index (χ0n) is 11.4. The maximum absolute atomic E-state index is 10.3. The van der Waals surface area contributed by atoms with E-state index < -0.39 is 5.97 Å². The molecule has 0 saturated heterocycles. The minimum absolute atomic E-state index is 0.303. The fraction of sp³-hybridized carbons (Fsp3) is 0.800. The summed E-state index contributed by atoms with van der Waals surface area (Å²) in [4.78, 5) is 10.3. The van der Waals surface area contributed by atoms with Crippen molar-refractivity contribution in [3.8, 4) is 0 Å². The van der Waals surface area contributed by atoms with E-state index in [0.717, 1.165) is 44.9 Å². The summed E-state index contributed by atoms with van der Waals surface area (Å²) in [6.07, 6.45) is 15.7. The lowest BCUT2D eigenvalue weighted by Gasteiger charge is -1.98. The first-order valence-electron chi connectivity index (χ1n) is 7.25. The van der Waals surface area contributed by atoms with Crippen molar-refractivity contribution >= 4 is 5.97 Å². The molecule has 0 bridgehead atoms. The van der Waals surface area contributed by atoms with Gasteiger partial charge in [0.15, 0.2) is 0 Å². The van der Waals surface area contributed by atoms with Crippen LogP contribution >= 0.6 is 0 Å². The first kappa shape index (κ1) is 17.2. The zero-order chi connectivity index (χ0) is 13.5. The van der Waals surface area contributed by atoms with E-state index in [1.54, 1.807) is 0 Å². The third kappa shape index (κ3) is 15.2. The average molecular weight is 256 g/mol. The van der Waals surface area contributed by atoms with Crippen LogP contribution in [-0.4, -0.2) is 22.8 Å². The first-order chi connectivity index (χ1) is 8.77. The molecule has 3 nitrogen and oxygen atoms in total. The van der Waals surface area contributed by atoms with Crippen molar-refractivity contribution in [1.29, 1.82) is 0 Å². The van der Waals surface area contributed by atoms with E-state index in [0.29, 0.717) is 13.0 Å². The highest BCUT2D eigenvalue weighted by molar-refractivity contribution is 5.66. The summed E-state index contributed by atoms with van der Waals surface area (Å²) in [6, 6.07) is 0. The molecule has 0 aliphatic carbocycles. The Hall–Kier alpha value is -0.830. The number of carbonyl (C=O) groups is 1. The third-order valence-corrected chi connectivity index (χ3v) is 2.96. The van der Waals surface area contributed by atoms with E-state index in [-0.39, 0.29) is 0 Å². The molecule has 0 aliphatic rings. The quantitative estimate of drug-likeness (QED) is 0.388. The van der Waals surface area contributed by atoms with Gasteiger partial charge in [-0.1, -0.05) is 37.8 Å². The predicted octanol–water partition coefficient (Wildman–Crippen LogP) is 3.91. The minimum Gasteiger partial charge on any atom is -0.481 e. The van der Waals surface area contributed by atoms with Gasteiger partial charge in [0.1, 0.15) is 0 Å². The summed E-state index contributed by atoms with van der Waals surface area (Å²) < 4.78 is 0. The molecule has 106 valence electrons. The van der Waals surface area contributed by atoms with Gasteiger partial charge in [-0.05, 0) is 38.5 Å². The maximum Gasteiger partial charge on any atom is 0.303 e. The fourth-order valence-corrected chi connectivity index (χ4v) is 1.86. The van der Waals surface area contributed by atoms with Crippen molar-refractivity contribution in [3.05, 3.63) is 12.2 Å². The van der Waals surface area contributed by atoms with Crippen molar-refractivity contribution in [3.63, 3.8) is 0 Å². The van der Waals surface area contributed by atoms with Gasteiger partial charge in [0.25, 0.3) is 0 Å². The predicted molar refractivity (Wildman–Crippen MR) is 74.6 cm³/mol. The van der Waals surface area contributed by atoms with Crippen molar-refractivity contribution in [2.75, 3.05) is 6.61 Å². The molecule has 18 heavy (non-hydrogen) atoms. The second-order valence-electron chi connectivity index (χ2n) is 4.74. The lowest BCUT2D eigenvalue weighted by molar-refractivity contribution is -0.137. The highest BCUT2D eigenvalue weighted by Crippen LogP contribution is 2.07. The van der Waals surface area contributed by atoms with Crippen molar-refractivity contribution in [2.24, 2.45) is 0 Å². The van der Waals surface area contributed by atoms with Crippen LogP contribution in [0.5, 0.6) is 0 Å². The van der Waals surface area contributed by atoms with Gasteiger partial charge >= 0.3 is 5.97 Å². The van der Waals surface area contributed by atoms with E-state index in [1.165, 1.54) is 19.3 Å². The molecule has 0 radical (unpaired) electrons. The number of carboxylic acids is 1. The molecule has 0 unspecified atom stereocenters. The van der Waals surface area contributed by atoms with Gasteiger partial charge in [-0.15, -0.1) is 0 Å². The number of unbranched alkanes of at least 4 members (excludes halogenated alkanes) is 8. The van der Waals surface area contributed by atoms with Crippen LogP contribution < -0.4 is 0 Å². The van der Waals surface area contributed by atoms with Gasteiger partial charge in [-0.3, -0.25) is 4.79 Å². The number of hydrogen-bond acceptors (Lipinski definition) is 2. The molecule has 0 fully saturated rings. The molecule has 0 saturated carbocycles. The van der Waals surface area contributed by atoms with Crippen LogP contribution in [0.1, 0.15) is 70.6 Å². The topological polar surface area (TPSA) is 57.5 Å². The highest BCUT2D eigenvalue weighted by Gasteiger charge is 1.94. The van der Waals surface area contributed by atoms with Gasteiger partial charge < -0.3 is 10.2 Å². The Morgan fingerprint density at radius 2 is 1.28 bits per heavy atom. The van der Waals surface area contributed by atoms with Gasteiger partial charge in [0, 0.05) is 13.0 Å². The van der Waals surface area contributed by atoms with E-state index in [9.17, 15) is 4.79 Å². The summed E-state index contributed by atoms with van der Waals surface area (Å²) >= 11 is 0. The van der Waals surface area contributed by atoms with Crippen LogP contribution in [0.25, 0.3) is 0 Å². The molecule has 0 aromatic carbocycles. The molecule has 0 rings (SSSR count). The second-order valence-corrected chi connectivity index (χ2v) is 4.74. The van der Waals surface area contributed by atoms with Crippen molar-refractivity contribution in [1.82, 2.24) is 0 Å². The highest BCUT2D eigenvalue weighted by atomic mass is 16.4. The minimum atomic E-state index is -0.688. The Morgan fingerprint density at radius 3 is 1.83 bits per heavy atom. The Kier molecular flexibility index (Phi) is 13.6. The van der Waals surface area contributed by atoms with Crippen LogP contribution in [0.15, 0.2) is 12.2 Å². The summed E-state index contributed by atoms with van der Waals surface area (Å²) in [5.41, 5.74) is 0. The standard InChI is InChI=1S/C15H28O3/c16-14-12-10-8-6-4-2-1-3-5-7-9-11-13-15(17)18/h1,3,16H,2,4-14H2,(H,17,18)/b3-1+. The van der Waals surface area contributed by atoms with Gasteiger partial charge in [-0.25, -0.2) is 0 Å². The summed E-state index contributed by atoms with van der Waals surface area (Å²) in [5, 5.41) is 17.1. The van der Waals surface area contributed by atoms with Gasteiger partial charge in [-0.2, -0.15) is 0 Å². The normalized spacial score (nSPS) is 11.2. The van der Waals surface area contributed by atoms with E-state index in [4.69, 9.17) is 10.2 Å². The molecule has 3 heteroatoms. The monoisotopic (exact) mass is 256 g/mol. The van der Waals surface area contributed by atoms with Gasteiger partial charge in [0.05, 0.1) is 0 Å². The lowest BCUT2D eigenvalue weighted by atomic mass is 10.1. The molecule has 0 spiro atoms. The SMILES string of the molecule is O=C(O)CCCCC/C=C/CCCCCCCO. The molecular formula is C15H28O3. The number of hydrogen-bond donors (Lipinski definition) is 2. The Labute approximate surface area is 111 Å². The number of aliphatic hydroxyl groups is 1. The van der Waals surface area contributed by atoms with Crippen LogP contribution in [0.2, 0.25) is 0 Å². The number of rotatable bonds is 13. The molecule has 0 atom stereocenters. The van der Waals surface area contributed by atoms with Gasteiger partial charge in [0.2, 0.25) is 0 Å². The summed E-state index contributed by atoms with van der Waals surface area (Å²) in [5.74, 6) is -0.688. The van der Waals surface area contributed by atoms with E-state index >= 15 is 0 Å². The number of aliphatic carboxylic acids is 1. The second kappa shape index (κ2) is 14.2.